The molecule has 2 rings (SSSR count). The van der Waals surface area contributed by atoms with Gasteiger partial charge in [0, 0.05) is 0 Å². The molecule has 0 bridgehead atoms. The predicted molar refractivity (Wildman–Crippen MR) is 75.2 cm³/mol. The summed E-state index contributed by atoms with van der Waals surface area (Å²) in [5, 5.41) is 8.16. The van der Waals surface area contributed by atoms with Crippen molar-refractivity contribution in [1.29, 1.82) is 0 Å². The molecule has 0 aromatic heterocycles. The molecule has 0 aliphatic rings. The summed E-state index contributed by atoms with van der Waals surface area (Å²) in [7, 11) is -4.19. The number of nitrogens with zero attached hydrogens (tertiary/aromatic N) is 2. The fourth-order valence-corrected chi connectivity index (χ4v) is 2.21. The summed E-state index contributed by atoms with van der Waals surface area (Å²) in [6, 6.07) is 12.5. The lowest BCUT2D eigenvalue weighted by molar-refractivity contribution is 0.483. The average Bonchev–Trinajstić information content (AvgIpc) is 2.36. The summed E-state index contributed by atoms with van der Waals surface area (Å²) in [6.07, 6.45) is 0. The van der Waals surface area contributed by atoms with Gasteiger partial charge in [0.15, 0.2) is 0 Å². The van der Waals surface area contributed by atoms with E-state index in [1.807, 2.05) is 13.0 Å². The molecule has 5 nitrogen and oxygen atoms in total. The molecule has 0 unspecified atom stereocenters. The largest absolute Gasteiger partial charge is 0.294 e. The third-order valence-electron chi connectivity index (χ3n) is 2.67. The van der Waals surface area contributed by atoms with Crippen LogP contribution in [-0.4, -0.2) is 13.0 Å². The van der Waals surface area contributed by atoms with Crippen LogP contribution in [-0.2, 0) is 10.1 Å². The summed E-state index contributed by atoms with van der Waals surface area (Å²) >= 11 is 0. The normalized spacial score (nSPS) is 11.9. The first kappa shape index (κ1) is 14.4. The lowest BCUT2D eigenvalue weighted by Crippen LogP contribution is -1.97. The highest BCUT2D eigenvalue weighted by Crippen LogP contribution is 2.24. The van der Waals surface area contributed by atoms with Gasteiger partial charge in [-0.05, 0) is 61.4 Å². The molecule has 2 aromatic carbocycles. The molecule has 0 amide bonds. The Morgan fingerprint density at radius 2 is 1.85 bits per heavy atom. The van der Waals surface area contributed by atoms with Gasteiger partial charge < -0.3 is 0 Å². The summed E-state index contributed by atoms with van der Waals surface area (Å²) in [4.78, 5) is -0.154. The molecule has 20 heavy (non-hydrogen) atoms. The second kappa shape index (κ2) is 5.52. The van der Waals surface area contributed by atoms with Crippen molar-refractivity contribution < 1.29 is 13.0 Å². The molecule has 0 fully saturated rings. The van der Waals surface area contributed by atoms with Crippen LogP contribution in [0.2, 0.25) is 0 Å². The van der Waals surface area contributed by atoms with Crippen LogP contribution in [0.25, 0.3) is 0 Å². The highest BCUT2D eigenvalue weighted by Gasteiger charge is 2.10. The number of benzene rings is 2. The molecule has 1 radical (unpaired) electrons. The summed E-state index contributed by atoms with van der Waals surface area (Å²) < 4.78 is 31.0. The summed E-state index contributed by atoms with van der Waals surface area (Å²) in [6.45, 7) is 3.61. The minimum absolute atomic E-state index is 0.154. The monoisotopic (exact) mass is 289 g/mol. The van der Waals surface area contributed by atoms with Gasteiger partial charge in [-0.25, -0.2) is 0 Å². The zero-order valence-corrected chi connectivity index (χ0v) is 11.8. The molecule has 0 aliphatic heterocycles. The first-order valence-corrected chi connectivity index (χ1v) is 7.28. The summed E-state index contributed by atoms with van der Waals surface area (Å²) in [5.74, 6) is 0. The Morgan fingerprint density at radius 1 is 1.10 bits per heavy atom. The van der Waals surface area contributed by atoms with Crippen LogP contribution in [0, 0.1) is 19.9 Å². The topological polar surface area (TPSA) is 79.1 Å². The first-order chi connectivity index (χ1) is 9.36. The molecule has 1 N–H and O–H groups in total. The number of hydrogen-bond acceptors (Lipinski definition) is 4. The van der Waals surface area contributed by atoms with Gasteiger partial charge in [-0.3, -0.25) is 4.55 Å². The van der Waals surface area contributed by atoms with Gasteiger partial charge in [-0.2, -0.15) is 18.6 Å². The Labute approximate surface area is 117 Å². The van der Waals surface area contributed by atoms with Crippen molar-refractivity contribution in [2.75, 3.05) is 0 Å². The highest BCUT2D eigenvalue weighted by atomic mass is 32.2. The lowest BCUT2D eigenvalue weighted by Gasteiger charge is -2.02. The Morgan fingerprint density at radius 3 is 2.45 bits per heavy atom. The van der Waals surface area contributed by atoms with Gasteiger partial charge in [0.05, 0.1) is 16.3 Å². The van der Waals surface area contributed by atoms with Gasteiger partial charge in [0.1, 0.15) is 0 Å². The van der Waals surface area contributed by atoms with E-state index in [0.29, 0.717) is 16.9 Å². The second-order valence-corrected chi connectivity index (χ2v) is 5.77. The maximum Gasteiger partial charge on any atom is 0.294 e. The molecule has 6 heteroatoms. The number of rotatable bonds is 3. The van der Waals surface area contributed by atoms with Gasteiger partial charge in [0.2, 0.25) is 0 Å². The van der Waals surface area contributed by atoms with Crippen molar-refractivity contribution in [3.05, 3.63) is 53.6 Å². The molecule has 0 saturated carbocycles. The molecule has 0 aliphatic carbocycles. The molecule has 0 heterocycles. The molecular weight excluding hydrogens is 276 g/mol. The van der Waals surface area contributed by atoms with E-state index >= 15 is 0 Å². The van der Waals surface area contributed by atoms with Gasteiger partial charge in [-0.15, -0.1) is 0 Å². The molecule has 0 atom stereocenters. The molecule has 0 spiro atoms. The van der Waals surface area contributed by atoms with E-state index in [0.717, 1.165) is 5.56 Å². The number of hydrogen-bond donors (Lipinski definition) is 1. The molecule has 103 valence electrons. The standard InChI is InChI=1S/C14H13N2O3S/c1-10-4-3-5-12(8-10)15-16-14-7-6-13(9-11(14)2)20(17,18)19/h3,5-9H,1-2H3,(H,17,18,19)/b16-15+. The van der Waals surface area contributed by atoms with Crippen LogP contribution in [0.4, 0.5) is 11.4 Å². The van der Waals surface area contributed by atoms with Crippen LogP contribution in [0.15, 0.2) is 51.5 Å². The van der Waals surface area contributed by atoms with Gasteiger partial charge in [0.25, 0.3) is 10.1 Å². The predicted octanol–water partition coefficient (Wildman–Crippen LogP) is 3.77. The number of aryl methyl sites for hydroxylation is 2. The van der Waals surface area contributed by atoms with Crippen LogP contribution in [0.3, 0.4) is 0 Å². The third-order valence-corrected chi connectivity index (χ3v) is 3.52. The second-order valence-electron chi connectivity index (χ2n) is 4.35. The van der Waals surface area contributed by atoms with Crippen molar-refractivity contribution in [2.24, 2.45) is 10.2 Å². The highest BCUT2D eigenvalue weighted by molar-refractivity contribution is 7.85. The molecule has 2 aromatic rings. The van der Waals surface area contributed by atoms with Crippen molar-refractivity contribution in [2.45, 2.75) is 18.7 Å². The third kappa shape index (κ3) is 3.49. The van der Waals surface area contributed by atoms with Crippen molar-refractivity contribution in [3.63, 3.8) is 0 Å². The quantitative estimate of drug-likeness (QED) is 0.690. The smallest absolute Gasteiger partial charge is 0.282 e. The Hall–Kier alpha value is -2.05. The van der Waals surface area contributed by atoms with E-state index in [9.17, 15) is 8.42 Å². The van der Waals surface area contributed by atoms with Gasteiger partial charge in [-0.1, -0.05) is 6.07 Å². The first-order valence-electron chi connectivity index (χ1n) is 5.84. The Balaban J connectivity index is 2.31. The van der Waals surface area contributed by atoms with Gasteiger partial charge >= 0.3 is 0 Å². The van der Waals surface area contributed by atoms with Crippen molar-refractivity contribution in [1.82, 2.24) is 0 Å². The van der Waals surface area contributed by atoms with E-state index in [4.69, 9.17) is 4.55 Å². The van der Waals surface area contributed by atoms with E-state index < -0.39 is 10.1 Å². The zero-order chi connectivity index (χ0) is 14.8. The van der Waals surface area contributed by atoms with Crippen molar-refractivity contribution in [3.8, 4) is 0 Å². The van der Waals surface area contributed by atoms with Crippen LogP contribution in [0.5, 0.6) is 0 Å². The number of azo groups is 1. The fraction of sp³-hybridized carbons (Fsp3) is 0.143. The molecular formula is C14H13N2O3S. The van der Waals surface area contributed by atoms with Crippen LogP contribution in [0.1, 0.15) is 11.1 Å². The van der Waals surface area contributed by atoms with E-state index in [1.165, 1.54) is 18.2 Å². The van der Waals surface area contributed by atoms with E-state index in [2.05, 4.69) is 16.3 Å². The minimum Gasteiger partial charge on any atom is -0.282 e. The summed E-state index contributed by atoms with van der Waals surface area (Å²) in [5.41, 5.74) is 2.81. The van der Waals surface area contributed by atoms with E-state index in [-0.39, 0.29) is 4.90 Å². The fourth-order valence-electron chi connectivity index (χ4n) is 1.64. The van der Waals surface area contributed by atoms with Crippen molar-refractivity contribution >= 4 is 21.5 Å². The minimum atomic E-state index is -4.19. The Bertz CT molecular complexity index is 768. The van der Waals surface area contributed by atoms with E-state index in [1.54, 1.807) is 19.1 Å². The SMILES string of the molecule is Cc1[c]ccc(/N=N/c2ccc(S(=O)(=O)O)cc2C)c1. The Kier molecular flexibility index (Phi) is 3.96. The van der Waals surface area contributed by atoms with Crippen LogP contribution >= 0.6 is 0 Å². The molecule has 0 saturated heterocycles. The van der Waals surface area contributed by atoms with Crippen LogP contribution < -0.4 is 0 Å². The average molecular weight is 289 g/mol. The maximum absolute atomic E-state index is 11.0. The lowest BCUT2D eigenvalue weighted by atomic mass is 10.2. The maximum atomic E-state index is 11.0. The zero-order valence-electron chi connectivity index (χ0n) is 11.0.